The van der Waals surface area contributed by atoms with Gasteiger partial charge in [-0.3, -0.25) is 0 Å². The fourth-order valence-electron chi connectivity index (χ4n) is 9.77. The van der Waals surface area contributed by atoms with Gasteiger partial charge in [-0.2, -0.15) is 0 Å². The molecule has 10 nitrogen and oxygen atoms in total. The minimum Gasteiger partial charge on any atom is -0.453 e. The molecule has 8 aliphatic rings. The van der Waals surface area contributed by atoms with E-state index in [1.165, 1.54) is 0 Å². The summed E-state index contributed by atoms with van der Waals surface area (Å²) in [5.41, 5.74) is 4.36. The van der Waals surface area contributed by atoms with Crippen LogP contribution in [0.3, 0.4) is 0 Å². The molecule has 254 valence electrons. The summed E-state index contributed by atoms with van der Waals surface area (Å²) < 4.78 is 73.8. The normalized spacial score (nSPS) is 21.0. The smallest absolute Gasteiger partial charge is 0.190 e. The van der Waals surface area contributed by atoms with Gasteiger partial charge in [0, 0.05) is 0 Å². The Balaban J connectivity index is 1.08. The number of benzene rings is 7. The van der Waals surface area contributed by atoms with Crippen molar-refractivity contribution in [3.63, 3.8) is 0 Å². The number of anilines is 6. The Morgan fingerprint density at radius 1 is 0.315 bits per heavy atom. The molecular weight excluding hydrogens is 722 g/mol. The number of ether oxygens (including phenoxy) is 6. The molecule has 2 atom stereocenters. The van der Waals surface area contributed by atoms with Crippen molar-refractivity contribution in [3.05, 3.63) is 109 Å². The zero-order chi connectivity index (χ0) is 35.0. The second-order valence-corrected chi connectivity index (χ2v) is 19.3. The predicted molar refractivity (Wildman–Crippen MR) is 202 cm³/mol. The molecule has 15 rings (SSSR count). The van der Waals surface area contributed by atoms with Crippen molar-refractivity contribution >= 4 is 80.2 Å². The Hall–Kier alpha value is -6.60. The van der Waals surface area contributed by atoms with E-state index in [2.05, 4.69) is 9.80 Å². The third kappa shape index (κ3) is 2.60. The molecule has 0 spiro atoms. The summed E-state index contributed by atoms with van der Waals surface area (Å²) in [4.78, 5) is 4.17. The second-order valence-electron chi connectivity index (χ2n) is 14.2. The van der Waals surface area contributed by atoms with Crippen molar-refractivity contribution in [2.24, 2.45) is 0 Å². The second kappa shape index (κ2) is 8.29. The maximum absolute atomic E-state index is 16.6. The summed E-state index contributed by atoms with van der Waals surface area (Å²) in [5, 5.41) is 2.77. The summed E-state index contributed by atoms with van der Waals surface area (Å²) in [6.07, 6.45) is 0. The van der Waals surface area contributed by atoms with Crippen LogP contribution < -0.4 is 70.0 Å². The lowest BCUT2D eigenvalue weighted by Crippen LogP contribution is -2.47. The topological polar surface area (TPSA) is 96.0 Å². The molecule has 0 aliphatic carbocycles. The van der Waals surface area contributed by atoms with Gasteiger partial charge in [-0.05, 0) is 72.8 Å². The van der Waals surface area contributed by atoms with E-state index in [9.17, 15) is 0 Å². The number of hydrogen-bond donors (Lipinski definition) is 0. The molecule has 2 unspecified atom stereocenters. The molecule has 0 saturated heterocycles. The van der Waals surface area contributed by atoms with E-state index >= 15 is 9.13 Å². The third-order valence-electron chi connectivity index (χ3n) is 11.7. The van der Waals surface area contributed by atoms with Gasteiger partial charge in [-0.1, -0.05) is 36.4 Å². The van der Waals surface area contributed by atoms with Gasteiger partial charge in [0.25, 0.3) is 0 Å². The zero-order valence-electron chi connectivity index (χ0n) is 27.4. The Bertz CT molecular complexity index is 3000. The molecule has 12 heteroatoms. The highest BCUT2D eigenvalue weighted by molar-refractivity contribution is 7.88. The monoisotopic (exact) mass is 740 g/mol. The van der Waals surface area contributed by atoms with Crippen LogP contribution in [0.25, 0.3) is 0 Å². The summed E-state index contributed by atoms with van der Waals surface area (Å²) in [5.74, 6) is 4.96. The highest BCUT2D eigenvalue weighted by Gasteiger charge is 2.62. The van der Waals surface area contributed by atoms with Crippen LogP contribution in [0.5, 0.6) is 69.0 Å². The first-order valence-corrected chi connectivity index (χ1v) is 20.9. The van der Waals surface area contributed by atoms with Crippen LogP contribution in [0.4, 0.5) is 34.1 Å². The quantitative estimate of drug-likeness (QED) is 0.140. The molecule has 8 heterocycles. The summed E-state index contributed by atoms with van der Waals surface area (Å²) >= 11 is 0. The molecule has 0 fully saturated rings. The van der Waals surface area contributed by atoms with E-state index < -0.39 is 14.3 Å². The first-order chi connectivity index (χ1) is 26.5. The lowest BCUT2D eigenvalue weighted by molar-refractivity contribution is 0.394. The first-order valence-electron chi connectivity index (χ1n) is 17.5. The average molecular weight is 741 g/mol. The van der Waals surface area contributed by atoms with Gasteiger partial charge < -0.3 is 47.4 Å². The third-order valence-corrected chi connectivity index (χ3v) is 18.1. The molecule has 0 N–H and O–H groups in total. The van der Waals surface area contributed by atoms with Gasteiger partial charge in [0.1, 0.15) is 45.0 Å². The zero-order valence-corrected chi connectivity index (χ0v) is 29.2. The van der Waals surface area contributed by atoms with Gasteiger partial charge in [0.05, 0.1) is 44.0 Å². The van der Waals surface area contributed by atoms with E-state index in [-0.39, 0.29) is 23.0 Å². The number of rotatable bonds is 0. The molecule has 7 aromatic rings. The van der Waals surface area contributed by atoms with Gasteiger partial charge >= 0.3 is 0 Å². The maximum atomic E-state index is 16.6. The van der Waals surface area contributed by atoms with Crippen LogP contribution in [0.1, 0.15) is 0 Å². The van der Waals surface area contributed by atoms with E-state index in [1.54, 1.807) is 12.1 Å². The highest BCUT2D eigenvalue weighted by Crippen LogP contribution is 2.74. The van der Waals surface area contributed by atoms with Crippen molar-refractivity contribution < 1.29 is 37.6 Å². The van der Waals surface area contributed by atoms with E-state index in [4.69, 9.17) is 28.4 Å². The number of hydrogen-bond acceptors (Lipinski definition) is 10. The number of nitrogens with zero attached hydrogens (tertiary/aromatic N) is 2. The van der Waals surface area contributed by atoms with Crippen LogP contribution in [0.15, 0.2) is 109 Å². The van der Waals surface area contributed by atoms with Crippen molar-refractivity contribution in [3.8, 4) is 69.0 Å². The molecular formula is C42H18N2O8P2. The van der Waals surface area contributed by atoms with Crippen molar-refractivity contribution in [1.82, 2.24) is 0 Å². The summed E-state index contributed by atoms with van der Waals surface area (Å²) in [7, 11) is -7.62. The molecule has 54 heavy (non-hydrogen) atoms. The van der Waals surface area contributed by atoms with Gasteiger partial charge in [-0.25, -0.2) is 0 Å². The lowest BCUT2D eigenvalue weighted by atomic mass is 10.1. The van der Waals surface area contributed by atoms with Crippen molar-refractivity contribution in [2.45, 2.75) is 0 Å². The Labute approximate surface area is 305 Å². The Morgan fingerprint density at radius 3 is 1.11 bits per heavy atom. The van der Waals surface area contributed by atoms with Gasteiger partial charge in [0.15, 0.2) is 60.3 Å². The SMILES string of the molecule is O=P12c3c4cccc3N3c5ccccc5Oc5ccc(c1c53)Oc1c3c5c(c(c12)O4)Oc1ccc2c4c1P5(=O)c1c(cccc1N4c1ccccc1O2)O3. The van der Waals surface area contributed by atoms with Gasteiger partial charge in [0.2, 0.25) is 0 Å². The van der Waals surface area contributed by atoms with Crippen LogP contribution in [-0.2, 0) is 9.13 Å². The van der Waals surface area contributed by atoms with Crippen LogP contribution in [-0.4, -0.2) is 0 Å². The van der Waals surface area contributed by atoms with E-state index in [0.717, 1.165) is 22.7 Å². The standard InChI is InChI=1S/C42H18N2O8P2/c45-53-37-21-9-5-13-27(37)49-33-36-42-34(35(41(33)53)51-29-17-15-25-31(39(29)53)43(21)19-7-1-3-11-23(19)47-25)50-28-14-6-10-22-38(28)54(42,46)40-30(52-36)18-16-26-32(40)44(22)20-8-2-4-12-24(20)48-26/h1-18H. The van der Waals surface area contributed by atoms with E-state index in [0.29, 0.717) is 89.2 Å². The Morgan fingerprint density at radius 2 is 0.667 bits per heavy atom. The fourth-order valence-corrected chi connectivity index (χ4v) is 16.6. The molecule has 0 bridgehead atoms. The summed E-state index contributed by atoms with van der Waals surface area (Å²) in [6, 6.07) is 34.2. The minimum absolute atomic E-state index is 0.206. The largest absolute Gasteiger partial charge is 0.453 e. The summed E-state index contributed by atoms with van der Waals surface area (Å²) in [6.45, 7) is 0. The number of para-hydroxylation sites is 4. The lowest BCUT2D eigenvalue weighted by Gasteiger charge is -2.48. The van der Waals surface area contributed by atoms with Crippen LogP contribution >= 0.6 is 14.3 Å². The minimum atomic E-state index is -3.81. The van der Waals surface area contributed by atoms with Crippen LogP contribution in [0, 0.1) is 0 Å². The highest BCUT2D eigenvalue weighted by atomic mass is 31.2. The molecule has 0 aromatic heterocycles. The first kappa shape index (κ1) is 27.1. The Kier molecular flexibility index (Phi) is 4.16. The molecule has 0 amide bonds. The fraction of sp³-hybridized carbons (Fsp3) is 0. The van der Waals surface area contributed by atoms with Crippen molar-refractivity contribution in [1.29, 1.82) is 0 Å². The predicted octanol–water partition coefficient (Wildman–Crippen LogP) is 9.17. The van der Waals surface area contributed by atoms with Crippen molar-refractivity contribution in [2.75, 3.05) is 9.80 Å². The maximum Gasteiger partial charge on any atom is 0.190 e. The molecule has 8 aliphatic heterocycles. The molecule has 7 aromatic carbocycles. The molecule has 0 radical (unpaired) electrons. The van der Waals surface area contributed by atoms with E-state index in [1.807, 2.05) is 97.1 Å². The van der Waals surface area contributed by atoms with Gasteiger partial charge in [-0.15, -0.1) is 0 Å². The van der Waals surface area contributed by atoms with Crippen LogP contribution in [0.2, 0.25) is 0 Å². The average Bonchev–Trinajstić information content (AvgIpc) is 3.19. The molecule has 0 saturated carbocycles. The number of fused-ring (bicyclic) bond motifs is 8.